The monoisotopic (exact) mass is 359 g/mol. The lowest BCUT2D eigenvalue weighted by atomic mass is 9.93. The molecular weight excluding hydrogens is 326 g/mol. The van der Waals surface area contributed by atoms with Gasteiger partial charge in [-0.1, -0.05) is 24.3 Å². The summed E-state index contributed by atoms with van der Waals surface area (Å²) in [6, 6.07) is 8.37. The summed E-state index contributed by atoms with van der Waals surface area (Å²) < 4.78 is 0. The van der Waals surface area contributed by atoms with Crippen molar-refractivity contribution in [2.75, 3.05) is 26.2 Å². The molecule has 0 aromatic heterocycles. The Morgan fingerprint density at radius 2 is 1.81 bits per heavy atom. The first kappa shape index (κ1) is 19.3. The number of hydrogen-bond acceptors (Lipinski definition) is 4. The van der Waals surface area contributed by atoms with E-state index in [4.69, 9.17) is 0 Å². The fraction of sp³-hybridized carbons (Fsp3) is 0.667. The lowest BCUT2D eigenvalue weighted by Gasteiger charge is -2.30. The zero-order valence-electron chi connectivity index (χ0n) is 15.8. The van der Waals surface area contributed by atoms with Crippen LogP contribution in [0, 0.1) is 5.92 Å². The first-order valence-electron chi connectivity index (χ1n) is 10.2. The molecule has 3 N–H and O–H groups in total. The van der Waals surface area contributed by atoms with Crippen molar-refractivity contribution in [3.63, 3.8) is 0 Å². The first-order valence-corrected chi connectivity index (χ1v) is 10.2. The van der Waals surface area contributed by atoms with E-state index in [-0.39, 0.29) is 12.0 Å². The molecule has 0 atom stereocenters. The van der Waals surface area contributed by atoms with Crippen LogP contribution < -0.4 is 10.6 Å². The number of aliphatic hydroxyl groups excluding tert-OH is 1. The average Bonchev–Trinajstić information content (AvgIpc) is 2.68. The largest absolute Gasteiger partial charge is 0.393 e. The standard InChI is InChI=1S/C21H33N3O2/c25-20-9-13-24(14-10-20)16-19-4-2-1-3-18(19)15-23-21(26)6-5-17-7-11-22-12-8-17/h1-4,17,20,22,25H,5-16H2,(H,23,26). The average molecular weight is 360 g/mol. The smallest absolute Gasteiger partial charge is 0.220 e. The third-order valence-electron chi connectivity index (χ3n) is 5.78. The van der Waals surface area contributed by atoms with E-state index in [0.29, 0.717) is 18.9 Å². The van der Waals surface area contributed by atoms with Crippen molar-refractivity contribution < 1.29 is 9.90 Å². The van der Waals surface area contributed by atoms with Crippen LogP contribution >= 0.6 is 0 Å². The van der Waals surface area contributed by atoms with Gasteiger partial charge in [-0.2, -0.15) is 0 Å². The molecule has 144 valence electrons. The van der Waals surface area contributed by atoms with Crippen LogP contribution in [0.5, 0.6) is 0 Å². The summed E-state index contributed by atoms with van der Waals surface area (Å²) in [6.45, 7) is 5.57. The molecular formula is C21H33N3O2. The Morgan fingerprint density at radius 1 is 1.12 bits per heavy atom. The van der Waals surface area contributed by atoms with Gasteiger partial charge in [0.15, 0.2) is 0 Å². The third kappa shape index (κ3) is 6.08. The number of carbonyl (C=O) groups excluding carboxylic acids is 1. The van der Waals surface area contributed by atoms with E-state index in [1.165, 1.54) is 24.0 Å². The summed E-state index contributed by atoms with van der Waals surface area (Å²) in [5.74, 6) is 0.864. The van der Waals surface area contributed by atoms with E-state index < -0.39 is 0 Å². The van der Waals surface area contributed by atoms with Gasteiger partial charge >= 0.3 is 0 Å². The minimum atomic E-state index is -0.138. The molecule has 1 aromatic rings. The highest BCUT2D eigenvalue weighted by atomic mass is 16.3. The summed E-state index contributed by atoms with van der Waals surface area (Å²) in [6.07, 6.45) is 5.61. The highest BCUT2D eigenvalue weighted by Gasteiger charge is 2.18. The lowest BCUT2D eigenvalue weighted by molar-refractivity contribution is -0.121. The van der Waals surface area contributed by atoms with Gasteiger partial charge in [-0.05, 0) is 62.2 Å². The predicted molar refractivity (Wildman–Crippen MR) is 104 cm³/mol. The molecule has 5 nitrogen and oxygen atoms in total. The van der Waals surface area contributed by atoms with Crippen molar-refractivity contribution >= 4 is 5.91 Å². The van der Waals surface area contributed by atoms with Crippen LogP contribution in [0.2, 0.25) is 0 Å². The van der Waals surface area contributed by atoms with Crippen LogP contribution in [0.4, 0.5) is 0 Å². The SMILES string of the molecule is O=C(CCC1CCNCC1)NCc1ccccc1CN1CCC(O)CC1. The van der Waals surface area contributed by atoms with Crippen molar-refractivity contribution in [3.05, 3.63) is 35.4 Å². The Balaban J connectivity index is 1.44. The molecule has 5 heteroatoms. The van der Waals surface area contributed by atoms with E-state index in [9.17, 15) is 9.90 Å². The summed E-state index contributed by atoms with van der Waals surface area (Å²) >= 11 is 0. The predicted octanol–water partition coefficient (Wildman–Crippen LogP) is 2.04. The van der Waals surface area contributed by atoms with E-state index in [1.807, 2.05) is 6.07 Å². The van der Waals surface area contributed by atoms with Crippen LogP contribution in [-0.2, 0) is 17.9 Å². The van der Waals surface area contributed by atoms with Gasteiger partial charge in [0, 0.05) is 32.6 Å². The first-order chi connectivity index (χ1) is 12.7. The second-order valence-corrected chi connectivity index (χ2v) is 7.78. The molecule has 2 fully saturated rings. The van der Waals surface area contributed by atoms with Gasteiger partial charge < -0.3 is 15.7 Å². The molecule has 0 spiro atoms. The Labute approximate surface area is 157 Å². The quantitative estimate of drug-likeness (QED) is 0.697. The molecule has 1 amide bonds. The number of rotatable bonds is 7. The second kappa shape index (κ2) is 10.0. The molecule has 0 aliphatic carbocycles. The number of amides is 1. The Hall–Kier alpha value is -1.43. The highest BCUT2D eigenvalue weighted by Crippen LogP contribution is 2.18. The van der Waals surface area contributed by atoms with E-state index in [0.717, 1.165) is 52.0 Å². The zero-order valence-corrected chi connectivity index (χ0v) is 15.8. The Bertz CT molecular complexity index is 564. The van der Waals surface area contributed by atoms with Crippen molar-refractivity contribution in [3.8, 4) is 0 Å². The summed E-state index contributed by atoms with van der Waals surface area (Å²) in [7, 11) is 0. The van der Waals surface area contributed by atoms with Gasteiger partial charge in [-0.3, -0.25) is 9.69 Å². The minimum Gasteiger partial charge on any atom is -0.393 e. The van der Waals surface area contributed by atoms with Crippen molar-refractivity contribution in [1.29, 1.82) is 0 Å². The number of aliphatic hydroxyl groups is 1. The molecule has 2 aliphatic heterocycles. The van der Waals surface area contributed by atoms with Gasteiger partial charge in [0.25, 0.3) is 0 Å². The number of hydrogen-bond donors (Lipinski definition) is 3. The molecule has 1 aromatic carbocycles. The zero-order chi connectivity index (χ0) is 18.2. The summed E-state index contributed by atoms with van der Waals surface area (Å²) in [5, 5.41) is 16.1. The van der Waals surface area contributed by atoms with Crippen molar-refractivity contribution in [1.82, 2.24) is 15.5 Å². The maximum Gasteiger partial charge on any atom is 0.220 e. The molecule has 0 unspecified atom stereocenters. The molecule has 2 saturated heterocycles. The van der Waals surface area contributed by atoms with Gasteiger partial charge in [0.1, 0.15) is 0 Å². The number of nitrogens with zero attached hydrogens (tertiary/aromatic N) is 1. The maximum absolute atomic E-state index is 12.2. The molecule has 0 radical (unpaired) electrons. The maximum atomic E-state index is 12.2. The number of piperidine rings is 2. The van der Waals surface area contributed by atoms with E-state index >= 15 is 0 Å². The van der Waals surface area contributed by atoms with Gasteiger partial charge in [0.05, 0.1) is 6.10 Å². The van der Waals surface area contributed by atoms with Crippen LogP contribution in [-0.4, -0.2) is 48.2 Å². The van der Waals surface area contributed by atoms with Crippen LogP contribution in [0.25, 0.3) is 0 Å². The Morgan fingerprint density at radius 3 is 2.54 bits per heavy atom. The van der Waals surface area contributed by atoms with Gasteiger partial charge in [-0.25, -0.2) is 0 Å². The molecule has 26 heavy (non-hydrogen) atoms. The van der Waals surface area contributed by atoms with E-state index in [2.05, 4.69) is 33.7 Å². The molecule has 2 heterocycles. The number of nitrogens with one attached hydrogen (secondary N) is 2. The topological polar surface area (TPSA) is 64.6 Å². The molecule has 0 bridgehead atoms. The van der Waals surface area contributed by atoms with Crippen molar-refractivity contribution in [2.45, 2.75) is 57.7 Å². The van der Waals surface area contributed by atoms with Gasteiger partial charge in [-0.15, -0.1) is 0 Å². The number of benzene rings is 1. The normalized spacial score (nSPS) is 20.2. The number of likely N-dealkylation sites (tertiary alicyclic amines) is 1. The van der Waals surface area contributed by atoms with Crippen LogP contribution in [0.3, 0.4) is 0 Å². The highest BCUT2D eigenvalue weighted by molar-refractivity contribution is 5.75. The lowest BCUT2D eigenvalue weighted by Crippen LogP contribution is -2.35. The number of carbonyl (C=O) groups is 1. The fourth-order valence-electron chi connectivity index (χ4n) is 3.99. The fourth-order valence-corrected chi connectivity index (χ4v) is 3.99. The van der Waals surface area contributed by atoms with Crippen LogP contribution in [0.15, 0.2) is 24.3 Å². The van der Waals surface area contributed by atoms with Gasteiger partial charge in [0.2, 0.25) is 5.91 Å². The van der Waals surface area contributed by atoms with Crippen LogP contribution in [0.1, 0.15) is 49.7 Å². The minimum absolute atomic E-state index is 0.138. The Kier molecular flexibility index (Phi) is 7.47. The second-order valence-electron chi connectivity index (χ2n) is 7.78. The summed E-state index contributed by atoms with van der Waals surface area (Å²) in [5.41, 5.74) is 2.48. The van der Waals surface area contributed by atoms with E-state index in [1.54, 1.807) is 0 Å². The summed E-state index contributed by atoms with van der Waals surface area (Å²) in [4.78, 5) is 14.6. The molecule has 0 saturated carbocycles. The molecule has 3 rings (SSSR count). The third-order valence-corrected chi connectivity index (χ3v) is 5.78. The van der Waals surface area contributed by atoms with Crippen molar-refractivity contribution in [2.24, 2.45) is 5.92 Å². The molecule has 2 aliphatic rings.